The summed E-state index contributed by atoms with van der Waals surface area (Å²) in [5, 5.41) is 9.38. The summed E-state index contributed by atoms with van der Waals surface area (Å²) in [6.45, 7) is 4.51. The third-order valence-electron chi connectivity index (χ3n) is 4.45. The highest BCUT2D eigenvalue weighted by atomic mass is 32.2. The number of hydrogen-bond donors (Lipinski definition) is 0. The number of amides is 1. The maximum absolute atomic E-state index is 12.7. The number of thioether (sulfide) groups is 1. The first kappa shape index (κ1) is 16.5. The molecule has 1 amide bonds. The zero-order valence-corrected chi connectivity index (χ0v) is 15.0. The molecule has 1 aliphatic carbocycles. The van der Waals surface area contributed by atoms with Crippen molar-refractivity contribution in [1.29, 1.82) is 0 Å². The van der Waals surface area contributed by atoms with Crippen molar-refractivity contribution in [2.75, 3.05) is 26.3 Å². The molecule has 2 fully saturated rings. The molecule has 0 bridgehead atoms. The Morgan fingerprint density at radius 2 is 2.12 bits per heavy atom. The molecular weight excluding hydrogens is 338 g/mol. The molecule has 7 nitrogen and oxygen atoms in total. The van der Waals surface area contributed by atoms with Gasteiger partial charge in [-0.25, -0.2) is 0 Å². The number of carbonyl (C=O) groups excluding carboxylic acids is 1. The second-order valence-corrected chi connectivity index (χ2v) is 7.65. The van der Waals surface area contributed by atoms with Gasteiger partial charge in [-0.15, -0.1) is 10.2 Å². The van der Waals surface area contributed by atoms with Gasteiger partial charge < -0.3 is 9.64 Å². The van der Waals surface area contributed by atoms with Gasteiger partial charge in [-0.1, -0.05) is 11.8 Å². The Morgan fingerprint density at radius 1 is 1.32 bits per heavy atom. The summed E-state index contributed by atoms with van der Waals surface area (Å²) in [5.41, 5.74) is 0.959. The Bertz CT molecular complexity index is 741. The maximum atomic E-state index is 12.7. The number of rotatable bonds is 5. The Hall–Kier alpha value is -1.93. The first-order valence-electron chi connectivity index (χ1n) is 8.62. The van der Waals surface area contributed by atoms with Crippen LogP contribution in [0.25, 0.3) is 11.4 Å². The van der Waals surface area contributed by atoms with Gasteiger partial charge in [-0.3, -0.25) is 14.3 Å². The number of morpholine rings is 1. The number of hydrogen-bond acceptors (Lipinski definition) is 6. The van der Waals surface area contributed by atoms with Crippen molar-refractivity contribution in [2.24, 2.45) is 0 Å². The fourth-order valence-electron chi connectivity index (χ4n) is 2.96. The molecule has 0 aromatic carbocycles. The predicted molar refractivity (Wildman–Crippen MR) is 94.2 cm³/mol. The molecule has 2 aromatic heterocycles. The number of ether oxygens (including phenoxy) is 1. The van der Waals surface area contributed by atoms with E-state index >= 15 is 0 Å². The smallest absolute Gasteiger partial charge is 0.236 e. The van der Waals surface area contributed by atoms with Crippen molar-refractivity contribution in [3.8, 4) is 11.4 Å². The Kier molecular flexibility index (Phi) is 4.72. The fraction of sp³-hybridized carbons (Fsp3) is 0.529. The summed E-state index contributed by atoms with van der Waals surface area (Å²) < 4.78 is 7.50. The molecular formula is C17H21N5O2S. The van der Waals surface area contributed by atoms with Gasteiger partial charge in [0.1, 0.15) is 0 Å². The van der Waals surface area contributed by atoms with Gasteiger partial charge in [0, 0.05) is 37.1 Å². The molecule has 1 atom stereocenters. The van der Waals surface area contributed by atoms with Crippen molar-refractivity contribution >= 4 is 17.7 Å². The van der Waals surface area contributed by atoms with E-state index in [1.165, 1.54) is 11.8 Å². The van der Waals surface area contributed by atoms with Crippen molar-refractivity contribution < 1.29 is 9.53 Å². The molecule has 0 spiro atoms. The monoisotopic (exact) mass is 359 g/mol. The van der Waals surface area contributed by atoms with Gasteiger partial charge >= 0.3 is 0 Å². The first-order valence-corrected chi connectivity index (χ1v) is 9.50. The van der Waals surface area contributed by atoms with Crippen LogP contribution in [0.2, 0.25) is 0 Å². The Labute approximate surface area is 150 Å². The van der Waals surface area contributed by atoms with E-state index < -0.39 is 0 Å². The molecule has 2 aliphatic rings. The number of nitrogens with zero attached hydrogens (tertiary/aromatic N) is 5. The average Bonchev–Trinajstić information content (AvgIpc) is 3.42. The first-order chi connectivity index (χ1) is 12.2. The van der Waals surface area contributed by atoms with Crippen LogP contribution in [0.4, 0.5) is 0 Å². The lowest BCUT2D eigenvalue weighted by molar-refractivity contribution is -0.134. The molecule has 3 heterocycles. The van der Waals surface area contributed by atoms with E-state index in [0.29, 0.717) is 32.3 Å². The highest BCUT2D eigenvalue weighted by Gasteiger charge is 2.32. The standard InChI is InChI=1S/C17H21N5O2S/c1-12(16(23)21-7-9-24-10-8-21)25-17-20-19-15(22(17)14-4-5-14)13-3-2-6-18-11-13/h2-3,6,11-12,14H,4-5,7-10H2,1H3/t12-/m0/s1. The van der Waals surface area contributed by atoms with E-state index in [1.807, 2.05) is 24.0 Å². The second-order valence-electron chi connectivity index (χ2n) is 6.35. The maximum Gasteiger partial charge on any atom is 0.236 e. The van der Waals surface area contributed by atoms with E-state index in [4.69, 9.17) is 4.74 Å². The summed E-state index contributed by atoms with van der Waals surface area (Å²) in [6.07, 6.45) is 5.81. The molecule has 1 aliphatic heterocycles. The minimum Gasteiger partial charge on any atom is -0.378 e. The lowest BCUT2D eigenvalue weighted by Gasteiger charge is -2.28. The van der Waals surface area contributed by atoms with Crippen LogP contribution < -0.4 is 0 Å². The number of carbonyl (C=O) groups is 1. The minimum absolute atomic E-state index is 0.140. The normalized spacial score (nSPS) is 19.0. The van der Waals surface area contributed by atoms with E-state index in [2.05, 4.69) is 19.7 Å². The molecule has 1 saturated heterocycles. The van der Waals surface area contributed by atoms with E-state index in [0.717, 1.165) is 29.4 Å². The van der Waals surface area contributed by atoms with Crippen LogP contribution in [-0.4, -0.2) is 62.1 Å². The van der Waals surface area contributed by atoms with Gasteiger partial charge in [0.25, 0.3) is 0 Å². The average molecular weight is 359 g/mol. The zero-order chi connectivity index (χ0) is 17.2. The lowest BCUT2D eigenvalue weighted by Crippen LogP contribution is -2.44. The third kappa shape index (κ3) is 3.55. The van der Waals surface area contributed by atoms with Gasteiger partial charge in [-0.05, 0) is 31.9 Å². The minimum atomic E-state index is -0.193. The fourth-order valence-corrected chi connectivity index (χ4v) is 3.96. The molecule has 0 N–H and O–H groups in total. The number of pyridine rings is 1. The Morgan fingerprint density at radius 3 is 2.80 bits per heavy atom. The topological polar surface area (TPSA) is 73.1 Å². The molecule has 0 unspecified atom stereocenters. The second kappa shape index (κ2) is 7.13. The van der Waals surface area contributed by atoms with E-state index in [-0.39, 0.29) is 11.2 Å². The van der Waals surface area contributed by atoms with Crippen LogP contribution in [0.15, 0.2) is 29.7 Å². The summed E-state index contributed by atoms with van der Waals surface area (Å²) in [4.78, 5) is 18.7. The van der Waals surface area contributed by atoms with E-state index in [9.17, 15) is 4.79 Å². The molecule has 25 heavy (non-hydrogen) atoms. The van der Waals surface area contributed by atoms with Crippen molar-refractivity contribution in [1.82, 2.24) is 24.6 Å². The van der Waals surface area contributed by atoms with Crippen LogP contribution in [0, 0.1) is 0 Å². The van der Waals surface area contributed by atoms with Crippen LogP contribution in [-0.2, 0) is 9.53 Å². The van der Waals surface area contributed by atoms with Crippen LogP contribution in [0.1, 0.15) is 25.8 Å². The van der Waals surface area contributed by atoms with E-state index in [1.54, 1.807) is 12.4 Å². The highest BCUT2D eigenvalue weighted by Crippen LogP contribution is 2.41. The molecule has 1 saturated carbocycles. The molecule has 132 valence electrons. The number of aromatic nitrogens is 4. The SMILES string of the molecule is C[C@H](Sc1nnc(-c2cccnc2)n1C1CC1)C(=O)N1CCOCC1. The van der Waals surface area contributed by atoms with Crippen LogP contribution in [0.5, 0.6) is 0 Å². The summed E-state index contributed by atoms with van der Waals surface area (Å²) in [5.74, 6) is 0.977. The summed E-state index contributed by atoms with van der Waals surface area (Å²) >= 11 is 1.49. The lowest BCUT2D eigenvalue weighted by atomic mass is 10.3. The molecule has 8 heteroatoms. The van der Waals surface area contributed by atoms with Crippen molar-refractivity contribution in [3.63, 3.8) is 0 Å². The molecule has 2 aromatic rings. The highest BCUT2D eigenvalue weighted by molar-refractivity contribution is 8.00. The van der Waals surface area contributed by atoms with Gasteiger partial charge in [0.2, 0.25) is 5.91 Å². The van der Waals surface area contributed by atoms with Crippen LogP contribution >= 0.6 is 11.8 Å². The predicted octanol–water partition coefficient (Wildman–Crippen LogP) is 2.01. The molecule has 4 rings (SSSR count). The van der Waals surface area contributed by atoms with Gasteiger partial charge in [-0.2, -0.15) is 0 Å². The van der Waals surface area contributed by atoms with Crippen LogP contribution in [0.3, 0.4) is 0 Å². The zero-order valence-electron chi connectivity index (χ0n) is 14.2. The summed E-state index contributed by atoms with van der Waals surface area (Å²) in [6, 6.07) is 4.32. The Balaban J connectivity index is 1.54. The largest absolute Gasteiger partial charge is 0.378 e. The summed E-state index contributed by atoms with van der Waals surface area (Å²) in [7, 11) is 0. The van der Waals surface area contributed by atoms with Gasteiger partial charge in [0.15, 0.2) is 11.0 Å². The van der Waals surface area contributed by atoms with Crippen molar-refractivity contribution in [2.45, 2.75) is 36.2 Å². The quantitative estimate of drug-likeness (QED) is 0.761. The third-order valence-corrected chi connectivity index (χ3v) is 5.49. The van der Waals surface area contributed by atoms with Gasteiger partial charge in [0.05, 0.1) is 18.5 Å². The molecule has 0 radical (unpaired) electrons. The van der Waals surface area contributed by atoms with Crippen molar-refractivity contribution in [3.05, 3.63) is 24.5 Å².